The lowest BCUT2D eigenvalue weighted by Gasteiger charge is -2.19. The zero-order valence-corrected chi connectivity index (χ0v) is 21.9. The van der Waals surface area contributed by atoms with Crippen molar-refractivity contribution in [3.8, 4) is 6.07 Å². The van der Waals surface area contributed by atoms with Crippen LogP contribution in [0.1, 0.15) is 82.6 Å². The zero-order chi connectivity index (χ0) is 26.0. The Kier molecular flexibility index (Phi) is 10.9. The normalized spacial score (nSPS) is 13.3. The van der Waals surface area contributed by atoms with Crippen LogP contribution in [0.4, 0.5) is 4.39 Å². The van der Waals surface area contributed by atoms with Crippen molar-refractivity contribution in [1.29, 1.82) is 5.26 Å². The molecule has 0 radical (unpaired) electrons. The Morgan fingerprint density at radius 1 is 1.09 bits per heavy atom. The smallest absolute Gasteiger partial charge is 0.197 e. The number of allylic oxidation sites excluding steroid dienone is 1. The number of rotatable bonds is 11. The number of hydrogen-bond acceptors (Lipinski definition) is 3. The van der Waals surface area contributed by atoms with Gasteiger partial charge in [-0.1, -0.05) is 76.4 Å². The van der Waals surface area contributed by atoms with E-state index in [1.54, 1.807) is 6.07 Å². The molecule has 0 fully saturated rings. The first-order valence-electron chi connectivity index (χ1n) is 12.5. The van der Waals surface area contributed by atoms with E-state index in [0.717, 1.165) is 36.0 Å². The Balaban J connectivity index is 2.53. The molecule has 0 heterocycles. The lowest BCUT2D eigenvalue weighted by atomic mass is 9.96. The van der Waals surface area contributed by atoms with E-state index >= 15 is 0 Å². The number of Topliss-reactive ketones (excluding diaryl/α,β-unsaturated/α-hetero) is 1. The number of benzene rings is 2. The second-order valence-corrected chi connectivity index (χ2v) is 9.51. The molecule has 1 unspecified atom stereocenters. The monoisotopic (exact) mass is 475 g/mol. The Bertz CT molecular complexity index is 1110. The van der Waals surface area contributed by atoms with Crippen molar-refractivity contribution in [3.05, 3.63) is 70.5 Å². The number of nitrogens with one attached hydrogen (secondary N) is 1. The molecule has 35 heavy (non-hydrogen) atoms. The van der Waals surface area contributed by atoms with E-state index in [0.29, 0.717) is 41.9 Å². The molecule has 0 amide bonds. The van der Waals surface area contributed by atoms with Gasteiger partial charge in [0.2, 0.25) is 0 Å². The van der Waals surface area contributed by atoms with E-state index in [4.69, 9.17) is 10.3 Å². The van der Waals surface area contributed by atoms with E-state index in [-0.39, 0.29) is 11.3 Å². The average Bonchev–Trinajstić information content (AvgIpc) is 2.85. The largest absolute Gasteiger partial charge is 0.337 e. The first kappa shape index (κ1) is 28.0. The molecule has 2 rings (SSSR count). The van der Waals surface area contributed by atoms with Crippen molar-refractivity contribution in [2.75, 3.05) is 6.54 Å². The van der Waals surface area contributed by atoms with Crippen molar-refractivity contribution in [1.82, 2.24) is 5.32 Å². The van der Waals surface area contributed by atoms with Crippen LogP contribution in [0.2, 0.25) is 0 Å². The zero-order valence-electron chi connectivity index (χ0n) is 21.9. The van der Waals surface area contributed by atoms with Gasteiger partial charge in [0.05, 0.1) is 11.3 Å². The van der Waals surface area contributed by atoms with Crippen LogP contribution in [-0.4, -0.2) is 18.2 Å². The molecule has 0 saturated carbocycles. The van der Waals surface area contributed by atoms with Gasteiger partial charge in [-0.2, -0.15) is 5.26 Å². The van der Waals surface area contributed by atoms with Crippen LogP contribution in [-0.2, 0) is 4.79 Å². The maximum atomic E-state index is 14.6. The van der Waals surface area contributed by atoms with Gasteiger partial charge in [-0.3, -0.25) is 9.79 Å². The van der Waals surface area contributed by atoms with E-state index < -0.39 is 5.82 Å². The van der Waals surface area contributed by atoms with Crippen LogP contribution >= 0.6 is 0 Å². The molecule has 0 aliphatic rings. The van der Waals surface area contributed by atoms with E-state index in [2.05, 4.69) is 26.1 Å². The van der Waals surface area contributed by atoms with Crippen LogP contribution in [0.25, 0.3) is 11.3 Å². The van der Waals surface area contributed by atoms with E-state index in [1.165, 1.54) is 12.1 Å². The Morgan fingerprint density at radius 3 is 2.29 bits per heavy atom. The topological polar surface area (TPSA) is 65.2 Å². The lowest BCUT2D eigenvalue weighted by Crippen LogP contribution is -2.31. The van der Waals surface area contributed by atoms with Crippen molar-refractivity contribution < 1.29 is 9.18 Å². The molecule has 2 aromatic rings. The molecular formula is C30H38FN3O. The van der Waals surface area contributed by atoms with Crippen LogP contribution in [0.15, 0.2) is 47.5 Å². The standard InChI is InChI=1S/C30H38FN3O/c1-7-23(12-9-20(3)4)19-33-30(28(35)8-2)34-29(22(6)24-13-10-21(5)11-14-24)25-15-16-26(18-32)27(31)17-25/h10-11,13-17,20,23H,7-9,12,19H2,1-6H3,(H,33,34)/b29-22+. The van der Waals surface area contributed by atoms with Gasteiger partial charge in [0.25, 0.3) is 0 Å². The van der Waals surface area contributed by atoms with Gasteiger partial charge < -0.3 is 5.32 Å². The predicted octanol–water partition coefficient (Wildman–Crippen LogP) is 7.32. The molecule has 0 aromatic heterocycles. The summed E-state index contributed by atoms with van der Waals surface area (Å²) in [6.45, 7) is 12.9. The molecule has 5 heteroatoms. The minimum atomic E-state index is -0.596. The van der Waals surface area contributed by atoms with Crippen LogP contribution in [0.3, 0.4) is 0 Å². The van der Waals surface area contributed by atoms with Crippen molar-refractivity contribution in [2.45, 2.75) is 67.2 Å². The van der Waals surface area contributed by atoms with Crippen molar-refractivity contribution in [3.63, 3.8) is 0 Å². The number of carbonyl (C=O) groups excluding carboxylic acids is 1. The number of aliphatic imine (C=N–C) groups is 1. The molecule has 0 saturated heterocycles. The van der Waals surface area contributed by atoms with Crippen molar-refractivity contribution in [2.24, 2.45) is 16.8 Å². The molecule has 186 valence electrons. The first-order valence-corrected chi connectivity index (χ1v) is 12.5. The van der Waals surface area contributed by atoms with Gasteiger partial charge in [0, 0.05) is 18.5 Å². The number of nitriles is 1. The number of ketones is 1. The maximum Gasteiger partial charge on any atom is 0.197 e. The second kappa shape index (κ2) is 13.6. The van der Waals surface area contributed by atoms with Gasteiger partial charge in [-0.25, -0.2) is 4.39 Å². The summed E-state index contributed by atoms with van der Waals surface area (Å²) in [6, 6.07) is 14.4. The summed E-state index contributed by atoms with van der Waals surface area (Å²) in [5.41, 5.74) is 4.09. The second-order valence-electron chi connectivity index (χ2n) is 9.51. The van der Waals surface area contributed by atoms with Crippen LogP contribution in [0, 0.1) is 35.9 Å². The minimum Gasteiger partial charge on any atom is -0.337 e. The number of hydrogen-bond donors (Lipinski definition) is 1. The van der Waals surface area contributed by atoms with Gasteiger partial charge in [0.1, 0.15) is 11.9 Å². The fraction of sp³-hybridized carbons (Fsp3) is 0.433. The molecule has 4 nitrogen and oxygen atoms in total. The van der Waals surface area contributed by atoms with Gasteiger partial charge in [-0.05, 0) is 55.4 Å². The Hall–Kier alpha value is -3.26. The lowest BCUT2D eigenvalue weighted by molar-refractivity contribution is -0.112. The van der Waals surface area contributed by atoms with Gasteiger partial charge in [0.15, 0.2) is 11.6 Å². The number of nitrogens with zero attached hydrogens (tertiary/aromatic N) is 2. The van der Waals surface area contributed by atoms with Gasteiger partial charge >= 0.3 is 0 Å². The third-order valence-corrected chi connectivity index (χ3v) is 6.30. The number of amidine groups is 1. The minimum absolute atomic E-state index is 0.0180. The highest BCUT2D eigenvalue weighted by Crippen LogP contribution is 2.26. The highest BCUT2D eigenvalue weighted by molar-refractivity contribution is 6.40. The SMILES string of the molecule is CCC(=O)C(=NCC(CC)CCC(C)C)N/C(=C(\C)c1ccc(C)cc1)c1ccc(C#N)c(F)c1. The quantitative estimate of drug-likeness (QED) is 0.210. The summed E-state index contributed by atoms with van der Waals surface area (Å²) in [7, 11) is 0. The maximum absolute atomic E-state index is 14.6. The van der Waals surface area contributed by atoms with Crippen LogP contribution in [0.5, 0.6) is 0 Å². The molecule has 0 aliphatic carbocycles. The summed E-state index contributed by atoms with van der Waals surface area (Å²) in [5, 5.41) is 12.4. The molecule has 0 aliphatic heterocycles. The highest BCUT2D eigenvalue weighted by atomic mass is 19.1. The summed E-state index contributed by atoms with van der Waals surface area (Å²) >= 11 is 0. The number of carbonyl (C=O) groups is 1. The summed E-state index contributed by atoms with van der Waals surface area (Å²) in [5.74, 6) is 0.632. The summed E-state index contributed by atoms with van der Waals surface area (Å²) < 4.78 is 14.6. The summed E-state index contributed by atoms with van der Waals surface area (Å²) in [6.07, 6.45) is 3.50. The van der Waals surface area contributed by atoms with E-state index in [1.807, 2.05) is 51.1 Å². The number of halogens is 1. The third kappa shape index (κ3) is 8.17. The predicted molar refractivity (Wildman–Crippen MR) is 143 cm³/mol. The Labute approximate surface area is 210 Å². The van der Waals surface area contributed by atoms with E-state index in [9.17, 15) is 9.18 Å². The fourth-order valence-electron chi connectivity index (χ4n) is 3.79. The van der Waals surface area contributed by atoms with Gasteiger partial charge in [-0.15, -0.1) is 0 Å². The number of aryl methyl sites for hydroxylation is 1. The molecule has 0 bridgehead atoms. The van der Waals surface area contributed by atoms with Crippen LogP contribution < -0.4 is 5.32 Å². The molecule has 0 spiro atoms. The first-order chi connectivity index (χ1) is 16.7. The molecule has 1 N–H and O–H groups in total. The summed E-state index contributed by atoms with van der Waals surface area (Å²) in [4.78, 5) is 17.6. The average molecular weight is 476 g/mol. The fourth-order valence-corrected chi connectivity index (χ4v) is 3.79. The molecule has 1 atom stereocenters. The highest BCUT2D eigenvalue weighted by Gasteiger charge is 2.18. The Morgan fingerprint density at radius 2 is 1.74 bits per heavy atom. The molecular weight excluding hydrogens is 437 g/mol. The molecule has 2 aromatic carbocycles. The van der Waals surface area contributed by atoms with Crippen molar-refractivity contribution >= 4 is 22.9 Å². The third-order valence-electron chi connectivity index (χ3n) is 6.30.